The summed E-state index contributed by atoms with van der Waals surface area (Å²) >= 11 is 0. The van der Waals surface area contributed by atoms with E-state index < -0.39 is 54.4 Å². The molecule has 3 fully saturated rings. The molecule has 5 atom stereocenters. The lowest BCUT2D eigenvalue weighted by atomic mass is 9.73. The van der Waals surface area contributed by atoms with Gasteiger partial charge in [-0.3, -0.25) is 9.59 Å². The van der Waals surface area contributed by atoms with Gasteiger partial charge in [-0.1, -0.05) is 6.92 Å². The molecular weight excluding hydrogens is 269 g/mol. The number of ether oxygens (including phenoxy) is 3. The van der Waals surface area contributed by atoms with E-state index in [2.05, 4.69) is 0 Å². The number of hydrogen-bond acceptors (Lipinski definition) is 5. The normalized spacial score (nSPS) is 43.5. The standard InChI is InChI=1S/C11H11F3O5/c1-2-5(15)18-6-4-3-10(11(12,13)14)8(17-4)7(6)19-9(10)16/h4,6-8H,2-3H2,1H3. The maximum atomic E-state index is 13.1. The van der Waals surface area contributed by atoms with E-state index >= 15 is 0 Å². The van der Waals surface area contributed by atoms with Gasteiger partial charge in [-0.05, 0) is 0 Å². The van der Waals surface area contributed by atoms with E-state index in [9.17, 15) is 22.8 Å². The summed E-state index contributed by atoms with van der Waals surface area (Å²) in [4.78, 5) is 22.8. The highest BCUT2D eigenvalue weighted by atomic mass is 19.4. The van der Waals surface area contributed by atoms with E-state index in [1.165, 1.54) is 0 Å². The molecule has 3 saturated heterocycles. The van der Waals surface area contributed by atoms with Gasteiger partial charge in [-0.15, -0.1) is 0 Å². The molecule has 3 heterocycles. The number of carbonyl (C=O) groups excluding carboxylic acids is 2. The van der Waals surface area contributed by atoms with Gasteiger partial charge in [0.15, 0.2) is 17.6 Å². The van der Waals surface area contributed by atoms with E-state index in [0.717, 1.165) is 0 Å². The number of hydrogen-bond donors (Lipinski definition) is 0. The molecule has 3 aliphatic heterocycles. The highest BCUT2D eigenvalue weighted by molar-refractivity contribution is 5.83. The summed E-state index contributed by atoms with van der Waals surface area (Å²) in [5, 5.41) is 0. The number of esters is 2. The summed E-state index contributed by atoms with van der Waals surface area (Å²) in [6.07, 6.45) is -9.59. The lowest BCUT2D eigenvalue weighted by molar-refractivity contribution is -0.228. The molecule has 3 rings (SSSR count). The first kappa shape index (κ1) is 12.7. The molecule has 0 radical (unpaired) electrons. The van der Waals surface area contributed by atoms with Crippen molar-refractivity contribution in [2.75, 3.05) is 0 Å². The average Bonchev–Trinajstić information content (AvgIpc) is 2.90. The van der Waals surface area contributed by atoms with Crippen molar-refractivity contribution in [2.45, 2.75) is 50.4 Å². The molecule has 0 spiro atoms. The highest BCUT2D eigenvalue weighted by Crippen LogP contribution is 2.61. The predicted octanol–water partition coefficient (Wildman–Crippen LogP) is 0.953. The first-order valence-electron chi connectivity index (χ1n) is 5.94. The van der Waals surface area contributed by atoms with Crippen molar-refractivity contribution in [3.63, 3.8) is 0 Å². The zero-order valence-electron chi connectivity index (χ0n) is 9.90. The molecule has 2 bridgehead atoms. The van der Waals surface area contributed by atoms with E-state index in [1.54, 1.807) is 6.92 Å². The molecule has 0 aromatic rings. The van der Waals surface area contributed by atoms with Crippen molar-refractivity contribution in [3.8, 4) is 0 Å². The average molecular weight is 280 g/mol. The van der Waals surface area contributed by atoms with E-state index in [4.69, 9.17) is 14.2 Å². The Balaban J connectivity index is 1.89. The molecule has 0 amide bonds. The van der Waals surface area contributed by atoms with Gasteiger partial charge in [0, 0.05) is 12.8 Å². The molecular formula is C11H11F3O5. The van der Waals surface area contributed by atoms with Crippen LogP contribution in [-0.2, 0) is 23.8 Å². The molecule has 0 aromatic carbocycles. The van der Waals surface area contributed by atoms with Crippen LogP contribution in [0.2, 0.25) is 0 Å². The number of rotatable bonds is 2. The zero-order chi connectivity index (χ0) is 14.0. The lowest BCUT2D eigenvalue weighted by Crippen LogP contribution is -2.52. The Morgan fingerprint density at radius 3 is 2.79 bits per heavy atom. The SMILES string of the molecule is CCC(=O)OC1C2CC3(C(F)(F)F)C(=O)OC1C3O2. The molecule has 5 unspecified atom stereocenters. The smallest absolute Gasteiger partial charge is 0.407 e. The van der Waals surface area contributed by atoms with Gasteiger partial charge in [0.2, 0.25) is 0 Å². The van der Waals surface area contributed by atoms with Crippen LogP contribution in [0, 0.1) is 5.41 Å². The Kier molecular flexibility index (Phi) is 2.42. The van der Waals surface area contributed by atoms with Gasteiger partial charge in [0.25, 0.3) is 0 Å². The van der Waals surface area contributed by atoms with Gasteiger partial charge in [0.05, 0.1) is 0 Å². The van der Waals surface area contributed by atoms with Crippen LogP contribution in [0.5, 0.6) is 0 Å². The van der Waals surface area contributed by atoms with Crippen molar-refractivity contribution in [2.24, 2.45) is 5.41 Å². The zero-order valence-corrected chi connectivity index (χ0v) is 9.90. The van der Waals surface area contributed by atoms with Crippen LogP contribution in [0.25, 0.3) is 0 Å². The van der Waals surface area contributed by atoms with Crippen LogP contribution < -0.4 is 0 Å². The van der Waals surface area contributed by atoms with Crippen LogP contribution in [0.3, 0.4) is 0 Å². The summed E-state index contributed by atoms with van der Waals surface area (Å²) < 4.78 is 54.3. The molecule has 3 aliphatic rings. The third-order valence-electron chi connectivity index (χ3n) is 3.99. The predicted molar refractivity (Wildman–Crippen MR) is 51.8 cm³/mol. The fourth-order valence-corrected chi connectivity index (χ4v) is 3.05. The summed E-state index contributed by atoms with van der Waals surface area (Å²) in [7, 11) is 0. The maximum Gasteiger partial charge on any atom is 0.407 e. The summed E-state index contributed by atoms with van der Waals surface area (Å²) in [5.74, 6) is -1.88. The fraction of sp³-hybridized carbons (Fsp3) is 0.818. The van der Waals surface area contributed by atoms with Crippen LogP contribution >= 0.6 is 0 Å². The van der Waals surface area contributed by atoms with Crippen molar-refractivity contribution in [1.29, 1.82) is 0 Å². The third kappa shape index (κ3) is 1.40. The van der Waals surface area contributed by atoms with Crippen molar-refractivity contribution >= 4 is 11.9 Å². The van der Waals surface area contributed by atoms with Gasteiger partial charge in [-0.25, -0.2) is 0 Å². The van der Waals surface area contributed by atoms with E-state index in [1.807, 2.05) is 0 Å². The number of fused-ring (bicyclic) bond motifs is 1. The highest BCUT2D eigenvalue weighted by Gasteiger charge is 2.82. The third-order valence-corrected chi connectivity index (χ3v) is 3.99. The van der Waals surface area contributed by atoms with Crippen LogP contribution in [0.4, 0.5) is 13.2 Å². The second-order valence-corrected chi connectivity index (χ2v) is 4.95. The Hall–Kier alpha value is -1.31. The topological polar surface area (TPSA) is 61.8 Å². The van der Waals surface area contributed by atoms with Crippen LogP contribution in [-0.4, -0.2) is 42.5 Å². The molecule has 8 heteroatoms. The minimum absolute atomic E-state index is 0.0962. The Labute approximate surface area is 106 Å². The first-order valence-corrected chi connectivity index (χ1v) is 5.94. The fourth-order valence-electron chi connectivity index (χ4n) is 3.05. The second kappa shape index (κ2) is 3.62. The van der Waals surface area contributed by atoms with Crippen molar-refractivity contribution in [3.05, 3.63) is 0 Å². The number of halogens is 3. The molecule has 0 aromatic heterocycles. The second-order valence-electron chi connectivity index (χ2n) is 4.95. The largest absolute Gasteiger partial charge is 0.455 e. The lowest BCUT2D eigenvalue weighted by Gasteiger charge is -2.30. The molecule has 0 saturated carbocycles. The molecule has 0 aliphatic carbocycles. The van der Waals surface area contributed by atoms with Crippen LogP contribution in [0.15, 0.2) is 0 Å². The summed E-state index contributed by atoms with van der Waals surface area (Å²) in [6, 6.07) is 0. The van der Waals surface area contributed by atoms with Crippen LogP contribution in [0.1, 0.15) is 19.8 Å². The van der Waals surface area contributed by atoms with Gasteiger partial charge in [0.1, 0.15) is 12.2 Å². The molecule has 106 valence electrons. The van der Waals surface area contributed by atoms with Crippen molar-refractivity contribution < 1.29 is 37.0 Å². The maximum absolute atomic E-state index is 13.1. The summed E-state index contributed by atoms with van der Waals surface area (Å²) in [5.41, 5.74) is -2.59. The van der Waals surface area contributed by atoms with E-state index in [-0.39, 0.29) is 6.42 Å². The number of alkyl halides is 3. The molecule has 5 nitrogen and oxygen atoms in total. The van der Waals surface area contributed by atoms with Gasteiger partial charge >= 0.3 is 18.1 Å². The Morgan fingerprint density at radius 2 is 2.21 bits per heavy atom. The Morgan fingerprint density at radius 1 is 1.53 bits per heavy atom. The number of carbonyl (C=O) groups is 2. The van der Waals surface area contributed by atoms with Crippen molar-refractivity contribution in [1.82, 2.24) is 0 Å². The minimum atomic E-state index is -4.72. The molecule has 0 N–H and O–H groups in total. The summed E-state index contributed by atoms with van der Waals surface area (Å²) in [6.45, 7) is 1.57. The van der Waals surface area contributed by atoms with Gasteiger partial charge < -0.3 is 14.2 Å². The molecule has 19 heavy (non-hydrogen) atoms. The monoisotopic (exact) mass is 280 g/mol. The van der Waals surface area contributed by atoms with E-state index in [0.29, 0.717) is 0 Å². The minimum Gasteiger partial charge on any atom is -0.455 e. The quantitative estimate of drug-likeness (QED) is 0.705. The first-order chi connectivity index (χ1) is 8.81. The Bertz CT molecular complexity index is 448. The van der Waals surface area contributed by atoms with Gasteiger partial charge in [-0.2, -0.15) is 13.2 Å².